The number of hydrogen-bond acceptors (Lipinski definition) is 3. The van der Waals surface area contributed by atoms with E-state index in [4.69, 9.17) is 0 Å². The Morgan fingerprint density at radius 3 is 2.31 bits per heavy atom. The number of rotatable bonds is 5. The van der Waals surface area contributed by atoms with Crippen molar-refractivity contribution in [1.82, 2.24) is 14.5 Å². The Morgan fingerprint density at radius 2 is 1.69 bits per heavy atom. The summed E-state index contributed by atoms with van der Waals surface area (Å²) in [7, 11) is -3.56. The predicted octanol–water partition coefficient (Wildman–Crippen LogP) is 3.62. The lowest BCUT2D eigenvalue weighted by atomic mass is 10.0. The molecule has 2 amide bonds. The van der Waals surface area contributed by atoms with Crippen molar-refractivity contribution in [1.29, 1.82) is 0 Å². The highest BCUT2D eigenvalue weighted by molar-refractivity contribution is 9.10. The Labute approximate surface area is 180 Å². The second-order valence-electron chi connectivity index (χ2n) is 7.52. The largest absolute Gasteiger partial charge is 0.331 e. The van der Waals surface area contributed by atoms with Crippen molar-refractivity contribution in [2.75, 3.05) is 26.2 Å². The van der Waals surface area contributed by atoms with Gasteiger partial charge in [0, 0.05) is 30.7 Å². The molecule has 1 heterocycles. The maximum atomic E-state index is 12.9. The lowest BCUT2D eigenvalue weighted by Gasteiger charge is -2.35. The third-order valence-corrected chi connectivity index (χ3v) is 7.88. The van der Waals surface area contributed by atoms with Crippen LogP contribution in [0.4, 0.5) is 4.79 Å². The summed E-state index contributed by atoms with van der Waals surface area (Å²) in [5.74, 6) is 0.486. The first-order chi connectivity index (χ1) is 13.9. The molecule has 2 aromatic rings. The molecule has 0 unspecified atom stereocenters. The van der Waals surface area contributed by atoms with Crippen molar-refractivity contribution < 1.29 is 13.2 Å². The number of benzene rings is 2. The third kappa shape index (κ3) is 4.65. The molecule has 8 heteroatoms. The van der Waals surface area contributed by atoms with Gasteiger partial charge in [0.1, 0.15) is 0 Å². The highest BCUT2D eigenvalue weighted by Gasteiger charge is 2.35. The zero-order valence-corrected chi connectivity index (χ0v) is 18.4. The molecule has 2 aromatic carbocycles. The van der Waals surface area contributed by atoms with Gasteiger partial charge in [0.25, 0.3) is 0 Å². The van der Waals surface area contributed by atoms with E-state index in [-0.39, 0.29) is 17.0 Å². The molecule has 154 valence electrons. The quantitative estimate of drug-likeness (QED) is 0.714. The van der Waals surface area contributed by atoms with Crippen LogP contribution in [0.15, 0.2) is 64.0 Å². The van der Waals surface area contributed by atoms with Gasteiger partial charge in [-0.1, -0.05) is 52.3 Å². The summed E-state index contributed by atoms with van der Waals surface area (Å²) >= 11 is 3.32. The molecule has 0 radical (unpaired) electrons. The van der Waals surface area contributed by atoms with Gasteiger partial charge in [-0.3, -0.25) is 0 Å². The van der Waals surface area contributed by atoms with Gasteiger partial charge in [0.2, 0.25) is 10.0 Å². The number of amides is 2. The second-order valence-corrected chi connectivity index (χ2v) is 10.4. The second kappa shape index (κ2) is 8.45. The van der Waals surface area contributed by atoms with Crippen LogP contribution in [-0.4, -0.2) is 49.8 Å². The summed E-state index contributed by atoms with van der Waals surface area (Å²) in [6.07, 6.45) is 2.25. The molecule has 1 saturated carbocycles. The van der Waals surface area contributed by atoms with Crippen LogP contribution in [-0.2, 0) is 10.0 Å². The minimum Gasteiger partial charge on any atom is -0.331 e. The van der Waals surface area contributed by atoms with Crippen molar-refractivity contribution in [3.8, 4) is 0 Å². The zero-order valence-electron chi connectivity index (χ0n) is 16.0. The Kier molecular flexibility index (Phi) is 5.94. The van der Waals surface area contributed by atoms with Gasteiger partial charge < -0.3 is 10.2 Å². The molecule has 1 aliphatic heterocycles. The Morgan fingerprint density at radius 1 is 1.00 bits per heavy atom. The molecule has 0 spiro atoms. The highest BCUT2D eigenvalue weighted by atomic mass is 79.9. The normalized spacial score (nSPS) is 19.0. The number of carbonyl (C=O) groups is 1. The van der Waals surface area contributed by atoms with Gasteiger partial charge in [0.05, 0.1) is 10.9 Å². The molecule has 0 aromatic heterocycles. The van der Waals surface area contributed by atoms with E-state index in [2.05, 4.69) is 21.2 Å². The van der Waals surface area contributed by atoms with Crippen molar-refractivity contribution in [2.45, 2.75) is 23.8 Å². The number of nitrogens with one attached hydrogen (secondary N) is 1. The van der Waals surface area contributed by atoms with Crippen molar-refractivity contribution in [2.24, 2.45) is 5.92 Å². The Balaban J connectivity index is 1.38. The molecule has 4 rings (SSSR count). The fourth-order valence-electron chi connectivity index (χ4n) is 3.70. The summed E-state index contributed by atoms with van der Waals surface area (Å²) in [6, 6.07) is 16.7. The lowest BCUT2D eigenvalue weighted by Crippen LogP contribution is -2.53. The van der Waals surface area contributed by atoms with E-state index in [0.29, 0.717) is 32.1 Å². The molecule has 0 bridgehead atoms. The van der Waals surface area contributed by atoms with E-state index >= 15 is 0 Å². The molecular formula is C21H24BrN3O3S. The van der Waals surface area contributed by atoms with Gasteiger partial charge in [-0.15, -0.1) is 0 Å². The maximum Gasteiger partial charge on any atom is 0.317 e. The average Bonchev–Trinajstić information content (AvgIpc) is 3.58. The van der Waals surface area contributed by atoms with Gasteiger partial charge in [-0.25, -0.2) is 13.2 Å². The number of nitrogens with zero attached hydrogens (tertiary/aromatic N) is 2. The van der Waals surface area contributed by atoms with Crippen molar-refractivity contribution in [3.05, 3.63) is 64.6 Å². The summed E-state index contributed by atoms with van der Waals surface area (Å²) in [6.45, 7) is 1.35. The van der Waals surface area contributed by atoms with Crippen LogP contribution in [0.5, 0.6) is 0 Å². The Bertz CT molecular complexity index is 972. The number of halogens is 1. The molecular weight excluding hydrogens is 454 g/mol. The summed E-state index contributed by atoms with van der Waals surface area (Å²) in [5.41, 5.74) is 1.12. The minimum atomic E-state index is -3.56. The summed E-state index contributed by atoms with van der Waals surface area (Å²) in [5, 5.41) is 3.17. The number of urea groups is 1. The van der Waals surface area contributed by atoms with Crippen LogP contribution in [0.25, 0.3) is 0 Å². The monoisotopic (exact) mass is 477 g/mol. The van der Waals surface area contributed by atoms with Crippen LogP contribution in [0.1, 0.15) is 24.4 Å². The molecule has 2 aliphatic rings. The number of piperazine rings is 1. The van der Waals surface area contributed by atoms with Crippen LogP contribution in [0.3, 0.4) is 0 Å². The molecule has 1 saturated heterocycles. The summed E-state index contributed by atoms with van der Waals surface area (Å²) < 4.78 is 27.9. The van der Waals surface area contributed by atoms with Gasteiger partial charge in [-0.05, 0) is 42.5 Å². The Hall–Kier alpha value is -1.90. The van der Waals surface area contributed by atoms with E-state index in [1.807, 2.05) is 30.3 Å². The minimum absolute atomic E-state index is 0.0205. The van der Waals surface area contributed by atoms with E-state index < -0.39 is 10.0 Å². The summed E-state index contributed by atoms with van der Waals surface area (Å²) in [4.78, 5) is 14.8. The third-order valence-electron chi connectivity index (χ3n) is 5.49. The van der Waals surface area contributed by atoms with Crippen LogP contribution < -0.4 is 5.32 Å². The fraction of sp³-hybridized carbons (Fsp3) is 0.381. The molecule has 2 fully saturated rings. The molecule has 6 nitrogen and oxygen atoms in total. The number of hydrogen-bond donors (Lipinski definition) is 1. The smallest absolute Gasteiger partial charge is 0.317 e. The fourth-order valence-corrected chi connectivity index (χ4v) is 5.72. The highest BCUT2D eigenvalue weighted by Crippen LogP contribution is 2.41. The SMILES string of the molecule is O=C(N[C@@H](c1ccccc1)C1CC1)N1CCN(S(=O)(=O)c2cccc(Br)c2)CC1. The topological polar surface area (TPSA) is 69.7 Å². The predicted molar refractivity (Wildman–Crippen MR) is 115 cm³/mol. The first-order valence-corrected chi connectivity index (χ1v) is 12.0. The molecule has 1 aliphatic carbocycles. The van der Waals surface area contributed by atoms with Crippen LogP contribution in [0, 0.1) is 5.92 Å². The van der Waals surface area contributed by atoms with Gasteiger partial charge in [-0.2, -0.15) is 4.31 Å². The number of sulfonamides is 1. The van der Waals surface area contributed by atoms with Gasteiger partial charge in [0.15, 0.2) is 0 Å². The average molecular weight is 478 g/mol. The molecule has 29 heavy (non-hydrogen) atoms. The van der Waals surface area contributed by atoms with Crippen molar-refractivity contribution >= 4 is 32.0 Å². The first kappa shape index (κ1) is 20.4. The van der Waals surface area contributed by atoms with Crippen LogP contribution >= 0.6 is 15.9 Å². The van der Waals surface area contributed by atoms with E-state index in [0.717, 1.165) is 22.9 Å². The first-order valence-electron chi connectivity index (χ1n) is 9.81. The molecule has 1 N–H and O–H groups in total. The molecule has 1 atom stereocenters. The standard InChI is InChI=1S/C21H24BrN3O3S/c22-18-7-4-8-19(15-18)29(27,28)25-13-11-24(12-14-25)21(26)23-20(17-9-10-17)16-5-2-1-3-6-16/h1-8,15,17,20H,9-14H2,(H,23,26)/t20-/m0/s1. The van der Waals surface area contributed by atoms with E-state index in [9.17, 15) is 13.2 Å². The van der Waals surface area contributed by atoms with E-state index in [1.165, 1.54) is 4.31 Å². The number of carbonyl (C=O) groups excluding carboxylic acids is 1. The zero-order chi connectivity index (χ0) is 20.4. The lowest BCUT2D eigenvalue weighted by molar-refractivity contribution is 0.167. The van der Waals surface area contributed by atoms with Crippen molar-refractivity contribution in [3.63, 3.8) is 0 Å². The maximum absolute atomic E-state index is 12.9. The van der Waals surface area contributed by atoms with Gasteiger partial charge >= 0.3 is 6.03 Å². The van der Waals surface area contributed by atoms with Crippen LogP contribution in [0.2, 0.25) is 0 Å². The van der Waals surface area contributed by atoms with E-state index in [1.54, 1.807) is 29.2 Å².